The monoisotopic (exact) mass is 251 g/mol. The molecule has 0 spiro atoms. The molecule has 0 radical (unpaired) electrons. The highest BCUT2D eigenvalue weighted by atomic mass is 35.5. The number of nitrogens with zero attached hydrogens (tertiary/aromatic N) is 3. The molecular weight excluding hydrogens is 238 g/mol. The number of pyridine rings is 1. The van der Waals surface area contributed by atoms with Gasteiger partial charge in [-0.1, -0.05) is 11.6 Å². The quantitative estimate of drug-likeness (QED) is 0.757. The number of hydrogen-bond acceptors (Lipinski definition) is 4. The van der Waals surface area contributed by atoms with Crippen molar-refractivity contribution in [3.63, 3.8) is 0 Å². The van der Waals surface area contributed by atoms with Gasteiger partial charge in [0.05, 0.1) is 23.8 Å². The Bertz CT molecular complexity index is 458. The molecule has 4 nitrogen and oxygen atoms in total. The summed E-state index contributed by atoms with van der Waals surface area (Å²) in [5.74, 6) is 0.719. The summed E-state index contributed by atoms with van der Waals surface area (Å²) in [4.78, 5) is 6.28. The molecule has 1 aromatic rings. The topological polar surface area (TPSA) is 49.1 Å². The van der Waals surface area contributed by atoms with Crippen LogP contribution in [0.1, 0.15) is 18.9 Å². The van der Waals surface area contributed by atoms with Crippen LogP contribution < -0.4 is 4.90 Å². The summed E-state index contributed by atoms with van der Waals surface area (Å²) < 4.78 is 5.53. The molecule has 1 aromatic heterocycles. The minimum absolute atomic E-state index is 0.173. The van der Waals surface area contributed by atoms with Gasteiger partial charge < -0.3 is 9.64 Å². The molecule has 2 rings (SSSR count). The normalized spacial score (nSPS) is 23.4. The van der Waals surface area contributed by atoms with Gasteiger partial charge >= 0.3 is 0 Å². The minimum atomic E-state index is 0.173. The fraction of sp³-hybridized carbons (Fsp3) is 0.500. The van der Waals surface area contributed by atoms with Crippen LogP contribution in [0.4, 0.5) is 5.82 Å². The molecule has 5 heteroatoms. The maximum Gasteiger partial charge on any atom is 0.132 e. The average Bonchev–Trinajstić information content (AvgIpc) is 2.73. The first kappa shape index (κ1) is 12.2. The molecule has 0 amide bonds. The Morgan fingerprint density at radius 2 is 2.35 bits per heavy atom. The Labute approximate surface area is 106 Å². The molecule has 0 N–H and O–H groups in total. The largest absolute Gasteiger partial charge is 0.376 e. The predicted molar refractivity (Wildman–Crippen MR) is 66.2 cm³/mol. The van der Waals surface area contributed by atoms with Crippen molar-refractivity contribution in [3.8, 4) is 6.07 Å². The van der Waals surface area contributed by atoms with Crippen molar-refractivity contribution in [2.24, 2.45) is 0 Å². The van der Waals surface area contributed by atoms with Crippen molar-refractivity contribution in [1.82, 2.24) is 4.98 Å². The van der Waals surface area contributed by atoms with Crippen molar-refractivity contribution in [2.75, 3.05) is 18.6 Å². The van der Waals surface area contributed by atoms with Crippen LogP contribution in [-0.4, -0.2) is 30.8 Å². The first-order valence-electron chi connectivity index (χ1n) is 5.54. The zero-order valence-corrected chi connectivity index (χ0v) is 10.6. The van der Waals surface area contributed by atoms with Gasteiger partial charge in [-0.15, -0.1) is 0 Å². The van der Waals surface area contributed by atoms with Crippen molar-refractivity contribution in [3.05, 3.63) is 22.8 Å². The van der Waals surface area contributed by atoms with Crippen molar-refractivity contribution >= 4 is 17.4 Å². The van der Waals surface area contributed by atoms with E-state index in [1.165, 1.54) is 0 Å². The number of likely N-dealkylation sites (N-methyl/N-ethyl adjacent to an activating group) is 1. The third kappa shape index (κ3) is 2.51. The molecule has 0 bridgehead atoms. The summed E-state index contributed by atoms with van der Waals surface area (Å²) >= 11 is 5.90. The third-order valence-corrected chi connectivity index (χ3v) is 3.30. The van der Waals surface area contributed by atoms with Crippen LogP contribution in [-0.2, 0) is 4.74 Å². The highest BCUT2D eigenvalue weighted by Gasteiger charge is 2.28. The van der Waals surface area contributed by atoms with Gasteiger partial charge in [0.1, 0.15) is 11.0 Å². The molecule has 1 fully saturated rings. The van der Waals surface area contributed by atoms with Gasteiger partial charge in [0.25, 0.3) is 0 Å². The van der Waals surface area contributed by atoms with Crippen LogP contribution in [0.2, 0.25) is 5.15 Å². The van der Waals surface area contributed by atoms with Crippen LogP contribution in [0, 0.1) is 11.3 Å². The minimum Gasteiger partial charge on any atom is -0.376 e. The lowest BCUT2D eigenvalue weighted by Gasteiger charge is -2.27. The lowest BCUT2D eigenvalue weighted by Crippen LogP contribution is -2.37. The van der Waals surface area contributed by atoms with Gasteiger partial charge in [0, 0.05) is 13.7 Å². The maximum atomic E-state index is 8.91. The number of nitriles is 1. The maximum absolute atomic E-state index is 8.91. The van der Waals surface area contributed by atoms with E-state index in [4.69, 9.17) is 21.6 Å². The van der Waals surface area contributed by atoms with Crippen LogP contribution in [0.5, 0.6) is 0 Å². The number of anilines is 1. The standard InChI is InChI=1S/C12H14ClN3O/c1-8-10(3-4-17-8)16(2)12-6-9(7-14)5-11(13)15-12/h5-6,8,10H,3-4H2,1-2H3. The summed E-state index contributed by atoms with van der Waals surface area (Å²) in [6, 6.07) is 5.68. The lowest BCUT2D eigenvalue weighted by atomic mass is 10.1. The first-order chi connectivity index (χ1) is 8.11. The molecule has 90 valence electrons. The van der Waals surface area contributed by atoms with E-state index in [1.54, 1.807) is 12.1 Å². The molecular formula is C12H14ClN3O. The van der Waals surface area contributed by atoms with Gasteiger partial charge in [-0.3, -0.25) is 0 Å². The van der Waals surface area contributed by atoms with E-state index >= 15 is 0 Å². The predicted octanol–water partition coefficient (Wildman–Crippen LogP) is 2.22. The summed E-state index contributed by atoms with van der Waals surface area (Å²) in [7, 11) is 1.95. The summed E-state index contributed by atoms with van der Waals surface area (Å²) in [6.07, 6.45) is 1.14. The zero-order chi connectivity index (χ0) is 12.4. The number of hydrogen-bond donors (Lipinski definition) is 0. The molecule has 1 aliphatic rings. The van der Waals surface area contributed by atoms with Crippen LogP contribution in [0.15, 0.2) is 12.1 Å². The van der Waals surface area contributed by atoms with Crippen molar-refractivity contribution in [1.29, 1.82) is 5.26 Å². The van der Waals surface area contributed by atoms with E-state index in [0.717, 1.165) is 18.8 Å². The van der Waals surface area contributed by atoms with Gasteiger partial charge in [0.15, 0.2) is 0 Å². The molecule has 17 heavy (non-hydrogen) atoms. The molecule has 2 atom stereocenters. The number of ether oxygens (including phenoxy) is 1. The Kier molecular flexibility index (Phi) is 3.51. The Morgan fingerprint density at radius 3 is 2.94 bits per heavy atom. The fourth-order valence-electron chi connectivity index (χ4n) is 2.13. The SMILES string of the molecule is CC1OCCC1N(C)c1cc(C#N)cc(Cl)n1. The highest BCUT2D eigenvalue weighted by molar-refractivity contribution is 6.29. The third-order valence-electron chi connectivity index (χ3n) is 3.10. The second-order valence-electron chi connectivity index (χ2n) is 4.19. The number of aromatic nitrogens is 1. The van der Waals surface area contributed by atoms with Crippen LogP contribution >= 0.6 is 11.6 Å². The Balaban J connectivity index is 2.27. The molecule has 2 heterocycles. The van der Waals surface area contributed by atoms with E-state index in [1.807, 2.05) is 18.9 Å². The Morgan fingerprint density at radius 1 is 1.59 bits per heavy atom. The van der Waals surface area contributed by atoms with E-state index in [0.29, 0.717) is 10.7 Å². The summed E-state index contributed by atoms with van der Waals surface area (Å²) in [5, 5.41) is 9.25. The molecule has 0 aromatic carbocycles. The van der Waals surface area contributed by atoms with Crippen molar-refractivity contribution in [2.45, 2.75) is 25.5 Å². The first-order valence-corrected chi connectivity index (χ1v) is 5.91. The molecule has 2 unspecified atom stereocenters. The van der Waals surface area contributed by atoms with E-state index < -0.39 is 0 Å². The second-order valence-corrected chi connectivity index (χ2v) is 4.58. The van der Waals surface area contributed by atoms with Gasteiger partial charge in [-0.25, -0.2) is 4.98 Å². The summed E-state index contributed by atoms with van der Waals surface area (Å²) in [6.45, 7) is 2.81. The Hall–Kier alpha value is -1.31. The van der Waals surface area contributed by atoms with Gasteiger partial charge in [0.2, 0.25) is 0 Å². The molecule has 0 aliphatic carbocycles. The number of halogens is 1. The fourth-order valence-corrected chi connectivity index (χ4v) is 2.33. The average molecular weight is 252 g/mol. The molecule has 0 saturated carbocycles. The van der Waals surface area contributed by atoms with Crippen molar-refractivity contribution < 1.29 is 4.74 Å². The van der Waals surface area contributed by atoms with E-state index in [2.05, 4.69) is 11.1 Å². The zero-order valence-electron chi connectivity index (χ0n) is 9.85. The summed E-state index contributed by atoms with van der Waals surface area (Å²) in [5.41, 5.74) is 0.526. The molecule has 1 saturated heterocycles. The van der Waals surface area contributed by atoms with E-state index in [9.17, 15) is 0 Å². The number of rotatable bonds is 2. The second kappa shape index (κ2) is 4.91. The van der Waals surface area contributed by atoms with E-state index in [-0.39, 0.29) is 12.1 Å². The highest BCUT2D eigenvalue weighted by Crippen LogP contribution is 2.24. The van der Waals surface area contributed by atoms with Gasteiger partial charge in [-0.2, -0.15) is 5.26 Å². The smallest absolute Gasteiger partial charge is 0.132 e. The van der Waals surface area contributed by atoms with Crippen LogP contribution in [0.25, 0.3) is 0 Å². The molecule has 1 aliphatic heterocycles. The van der Waals surface area contributed by atoms with Gasteiger partial charge in [-0.05, 0) is 25.5 Å². The van der Waals surface area contributed by atoms with Crippen LogP contribution in [0.3, 0.4) is 0 Å². The lowest BCUT2D eigenvalue weighted by molar-refractivity contribution is 0.118.